The molecule has 0 aliphatic heterocycles. The number of aromatic nitrogens is 3. The van der Waals surface area contributed by atoms with E-state index in [1.807, 2.05) is 18.2 Å². The first-order chi connectivity index (χ1) is 9.63. The number of nitrogens with zero attached hydrogens (tertiary/aromatic N) is 3. The molecule has 20 heavy (non-hydrogen) atoms. The standard InChI is InChI=1S/C13H8BrF2N3O/c14-11-3-1-2-9(18-11)10-7-17-12-6-8(20-13(15)16)4-5-19(10)12/h1-7,13H. The van der Waals surface area contributed by atoms with E-state index in [0.29, 0.717) is 10.3 Å². The molecule has 0 aliphatic carbocycles. The van der Waals surface area contributed by atoms with Gasteiger partial charge in [-0.15, -0.1) is 0 Å². The average Bonchev–Trinajstić information content (AvgIpc) is 2.81. The van der Waals surface area contributed by atoms with Gasteiger partial charge in [0.15, 0.2) is 0 Å². The molecule has 0 amide bonds. The van der Waals surface area contributed by atoms with Crippen LogP contribution in [0, 0.1) is 0 Å². The van der Waals surface area contributed by atoms with Crippen molar-refractivity contribution in [2.75, 3.05) is 0 Å². The number of alkyl halides is 2. The van der Waals surface area contributed by atoms with Gasteiger partial charge in [0, 0.05) is 12.3 Å². The maximum atomic E-state index is 12.2. The van der Waals surface area contributed by atoms with Crippen LogP contribution in [-0.4, -0.2) is 21.0 Å². The lowest BCUT2D eigenvalue weighted by Crippen LogP contribution is -2.02. The van der Waals surface area contributed by atoms with Gasteiger partial charge in [0.05, 0.1) is 17.6 Å². The fraction of sp³-hybridized carbons (Fsp3) is 0.0769. The van der Waals surface area contributed by atoms with Crippen LogP contribution in [0.25, 0.3) is 17.0 Å². The van der Waals surface area contributed by atoms with Crippen molar-refractivity contribution < 1.29 is 13.5 Å². The SMILES string of the molecule is FC(F)Oc1ccn2c(-c3cccc(Br)n3)cnc2c1. The normalized spacial score (nSPS) is 11.2. The number of halogens is 3. The molecule has 3 aromatic rings. The van der Waals surface area contributed by atoms with Crippen LogP contribution in [0.2, 0.25) is 0 Å². The molecule has 4 nitrogen and oxygen atoms in total. The van der Waals surface area contributed by atoms with Gasteiger partial charge in [-0.2, -0.15) is 8.78 Å². The number of pyridine rings is 2. The highest BCUT2D eigenvalue weighted by Crippen LogP contribution is 2.23. The second kappa shape index (κ2) is 5.16. The van der Waals surface area contributed by atoms with Crippen LogP contribution >= 0.6 is 15.9 Å². The Morgan fingerprint density at radius 3 is 2.85 bits per heavy atom. The van der Waals surface area contributed by atoms with E-state index in [2.05, 4.69) is 30.6 Å². The van der Waals surface area contributed by atoms with E-state index in [9.17, 15) is 8.78 Å². The molecule has 3 aromatic heterocycles. The minimum Gasteiger partial charge on any atom is -0.435 e. The molecule has 0 spiro atoms. The quantitative estimate of drug-likeness (QED) is 0.682. The number of rotatable bonds is 3. The van der Waals surface area contributed by atoms with Gasteiger partial charge in [-0.1, -0.05) is 6.07 Å². The fourth-order valence-electron chi connectivity index (χ4n) is 1.88. The number of fused-ring (bicyclic) bond motifs is 1. The molecule has 0 unspecified atom stereocenters. The lowest BCUT2D eigenvalue weighted by Gasteiger charge is -2.05. The summed E-state index contributed by atoms with van der Waals surface area (Å²) in [5.74, 6) is 0.0758. The Bertz CT molecular complexity index is 760. The summed E-state index contributed by atoms with van der Waals surface area (Å²) in [5.41, 5.74) is 2.01. The lowest BCUT2D eigenvalue weighted by molar-refractivity contribution is -0.0498. The van der Waals surface area contributed by atoms with Crippen LogP contribution in [0.3, 0.4) is 0 Å². The average molecular weight is 340 g/mol. The lowest BCUT2D eigenvalue weighted by atomic mass is 10.3. The van der Waals surface area contributed by atoms with Crippen LogP contribution in [0.15, 0.2) is 47.3 Å². The Kier molecular flexibility index (Phi) is 3.35. The third kappa shape index (κ3) is 2.49. The van der Waals surface area contributed by atoms with Gasteiger partial charge in [0.1, 0.15) is 16.0 Å². The van der Waals surface area contributed by atoms with Gasteiger partial charge < -0.3 is 4.74 Å². The number of ether oxygens (including phenoxy) is 1. The van der Waals surface area contributed by atoms with Crippen molar-refractivity contribution in [2.24, 2.45) is 0 Å². The Labute approximate surface area is 121 Å². The van der Waals surface area contributed by atoms with Crippen LogP contribution in [0.5, 0.6) is 5.75 Å². The Morgan fingerprint density at radius 1 is 1.25 bits per heavy atom. The van der Waals surface area contributed by atoms with Gasteiger partial charge in [0.25, 0.3) is 0 Å². The van der Waals surface area contributed by atoms with E-state index in [1.54, 1.807) is 16.8 Å². The first-order valence-corrected chi connectivity index (χ1v) is 6.47. The van der Waals surface area contributed by atoms with Gasteiger partial charge in [0.2, 0.25) is 0 Å². The highest BCUT2D eigenvalue weighted by atomic mass is 79.9. The van der Waals surface area contributed by atoms with E-state index in [4.69, 9.17) is 0 Å². The van der Waals surface area contributed by atoms with Crippen molar-refractivity contribution in [3.63, 3.8) is 0 Å². The van der Waals surface area contributed by atoms with Crippen molar-refractivity contribution in [1.82, 2.24) is 14.4 Å². The molecule has 0 aromatic carbocycles. The van der Waals surface area contributed by atoms with E-state index >= 15 is 0 Å². The minimum absolute atomic E-state index is 0.0758. The second-order valence-corrected chi connectivity index (χ2v) is 4.77. The largest absolute Gasteiger partial charge is 0.435 e. The highest BCUT2D eigenvalue weighted by molar-refractivity contribution is 9.10. The molecule has 7 heteroatoms. The van der Waals surface area contributed by atoms with Crippen molar-refractivity contribution in [1.29, 1.82) is 0 Å². The number of hydrogen-bond donors (Lipinski definition) is 0. The zero-order chi connectivity index (χ0) is 14.1. The van der Waals surface area contributed by atoms with Gasteiger partial charge in [-0.3, -0.25) is 4.40 Å². The molecule has 3 rings (SSSR count). The van der Waals surface area contributed by atoms with Crippen LogP contribution in [-0.2, 0) is 0 Å². The smallest absolute Gasteiger partial charge is 0.387 e. The molecular weight excluding hydrogens is 332 g/mol. The molecule has 0 radical (unpaired) electrons. The predicted molar refractivity (Wildman–Crippen MR) is 72.8 cm³/mol. The molecule has 0 aliphatic rings. The Morgan fingerprint density at radius 2 is 2.10 bits per heavy atom. The molecule has 0 bridgehead atoms. The fourth-order valence-corrected chi connectivity index (χ4v) is 2.22. The topological polar surface area (TPSA) is 39.4 Å². The van der Waals surface area contributed by atoms with Crippen molar-refractivity contribution in [3.05, 3.63) is 47.3 Å². The summed E-state index contributed by atoms with van der Waals surface area (Å²) in [7, 11) is 0. The third-order valence-electron chi connectivity index (χ3n) is 2.69. The summed E-state index contributed by atoms with van der Waals surface area (Å²) < 4.78 is 31.2. The van der Waals surface area contributed by atoms with E-state index in [-0.39, 0.29) is 5.75 Å². The van der Waals surface area contributed by atoms with E-state index < -0.39 is 6.61 Å². The molecule has 0 fully saturated rings. The first kappa shape index (κ1) is 13.0. The summed E-state index contributed by atoms with van der Waals surface area (Å²) >= 11 is 3.31. The maximum Gasteiger partial charge on any atom is 0.387 e. The first-order valence-electron chi connectivity index (χ1n) is 5.68. The monoisotopic (exact) mass is 339 g/mol. The zero-order valence-corrected chi connectivity index (χ0v) is 11.6. The molecule has 102 valence electrons. The Balaban J connectivity index is 2.06. The molecule has 0 saturated carbocycles. The molecule has 0 N–H and O–H groups in total. The van der Waals surface area contributed by atoms with E-state index in [1.165, 1.54) is 12.1 Å². The summed E-state index contributed by atoms with van der Waals surface area (Å²) in [6.45, 7) is -2.85. The second-order valence-electron chi connectivity index (χ2n) is 3.96. The summed E-state index contributed by atoms with van der Waals surface area (Å²) in [6, 6.07) is 8.44. The zero-order valence-electron chi connectivity index (χ0n) is 10.0. The van der Waals surface area contributed by atoms with Crippen LogP contribution in [0.1, 0.15) is 0 Å². The Hall–Kier alpha value is -2.02. The van der Waals surface area contributed by atoms with Crippen molar-refractivity contribution in [3.8, 4) is 17.1 Å². The minimum atomic E-state index is -2.85. The molecule has 0 atom stereocenters. The summed E-state index contributed by atoms with van der Waals surface area (Å²) in [6.07, 6.45) is 3.26. The third-order valence-corrected chi connectivity index (χ3v) is 3.13. The van der Waals surface area contributed by atoms with E-state index in [0.717, 1.165) is 11.4 Å². The highest BCUT2D eigenvalue weighted by Gasteiger charge is 2.10. The van der Waals surface area contributed by atoms with Crippen molar-refractivity contribution >= 4 is 21.6 Å². The predicted octanol–water partition coefficient (Wildman–Crippen LogP) is 3.76. The maximum absolute atomic E-state index is 12.2. The van der Waals surface area contributed by atoms with Crippen molar-refractivity contribution in [2.45, 2.75) is 6.61 Å². The van der Waals surface area contributed by atoms with Crippen LogP contribution in [0.4, 0.5) is 8.78 Å². The van der Waals surface area contributed by atoms with Gasteiger partial charge >= 0.3 is 6.61 Å². The van der Waals surface area contributed by atoms with Gasteiger partial charge in [-0.05, 0) is 34.1 Å². The molecular formula is C13H8BrF2N3O. The van der Waals surface area contributed by atoms with Gasteiger partial charge in [-0.25, -0.2) is 9.97 Å². The summed E-state index contributed by atoms with van der Waals surface area (Å²) in [5, 5.41) is 0. The molecule has 3 heterocycles. The van der Waals surface area contributed by atoms with Crippen LogP contribution < -0.4 is 4.74 Å². The molecule has 0 saturated heterocycles. The number of imidazole rings is 1. The summed E-state index contributed by atoms with van der Waals surface area (Å²) in [4.78, 5) is 8.52. The number of hydrogen-bond acceptors (Lipinski definition) is 3.